The summed E-state index contributed by atoms with van der Waals surface area (Å²) in [5, 5.41) is 0. The molecule has 5 heterocycles. The molecule has 1 atom stereocenters. The molecule has 0 spiro atoms. The van der Waals surface area contributed by atoms with Crippen LogP contribution in [0.25, 0.3) is 0 Å². The Balaban J connectivity index is 1.39. The molecule has 5 heteroatoms. The molecule has 5 rings (SSSR count). The molecule has 0 bridgehead atoms. The maximum absolute atomic E-state index is 12.0. The zero-order valence-corrected chi connectivity index (χ0v) is 14.4. The van der Waals surface area contributed by atoms with Gasteiger partial charge in [0.1, 0.15) is 11.5 Å². The summed E-state index contributed by atoms with van der Waals surface area (Å²) in [5.74, 6) is 7.59. The average molecular weight is 342 g/mol. The van der Waals surface area contributed by atoms with Crippen LogP contribution in [0.4, 0.5) is 0 Å². The van der Waals surface area contributed by atoms with Crippen molar-refractivity contribution in [3.05, 3.63) is 65.4 Å². The molecule has 2 saturated heterocycles. The zero-order valence-electron chi connectivity index (χ0n) is 14.4. The lowest BCUT2D eigenvalue weighted by molar-refractivity contribution is -0.119. The molecule has 0 aliphatic carbocycles. The van der Waals surface area contributed by atoms with E-state index in [4.69, 9.17) is 4.99 Å². The van der Waals surface area contributed by atoms with Crippen LogP contribution >= 0.6 is 0 Å². The molecule has 1 aromatic heterocycles. The number of allylic oxidation sites excluding steroid dienone is 2. The fourth-order valence-electron chi connectivity index (χ4n) is 3.84. The molecule has 0 amide bonds. The highest BCUT2D eigenvalue weighted by Gasteiger charge is 2.39. The van der Waals surface area contributed by atoms with E-state index in [9.17, 15) is 4.79 Å². The van der Waals surface area contributed by atoms with Gasteiger partial charge in [0.05, 0.1) is 11.8 Å². The molecule has 1 aromatic rings. The number of piperidine rings is 1. The van der Waals surface area contributed by atoms with Gasteiger partial charge in [-0.25, -0.2) is 9.98 Å². The number of aliphatic imine (C=N–C) groups is 1. The lowest BCUT2D eigenvalue weighted by atomic mass is 9.94. The molecule has 0 saturated carbocycles. The Morgan fingerprint density at radius 2 is 2.19 bits per heavy atom. The fourth-order valence-corrected chi connectivity index (χ4v) is 3.84. The first kappa shape index (κ1) is 15.3. The molecule has 26 heavy (non-hydrogen) atoms. The van der Waals surface area contributed by atoms with Crippen LogP contribution < -0.4 is 0 Å². The van der Waals surface area contributed by atoms with E-state index < -0.39 is 0 Å². The van der Waals surface area contributed by atoms with Crippen LogP contribution in [0.3, 0.4) is 0 Å². The minimum Gasteiger partial charge on any atom is -0.329 e. The second kappa shape index (κ2) is 6.08. The van der Waals surface area contributed by atoms with Crippen molar-refractivity contribution in [2.75, 3.05) is 19.6 Å². The summed E-state index contributed by atoms with van der Waals surface area (Å²) >= 11 is 0. The van der Waals surface area contributed by atoms with E-state index in [2.05, 4.69) is 38.9 Å². The van der Waals surface area contributed by atoms with E-state index in [1.54, 1.807) is 6.20 Å². The average Bonchev–Trinajstić information content (AvgIpc) is 3.03. The van der Waals surface area contributed by atoms with Crippen LogP contribution in [0.1, 0.15) is 18.5 Å². The number of Topliss-reactive ketones (excluding diaryl/α,β-unsaturated/α-hetero) is 1. The Labute approximate surface area is 152 Å². The van der Waals surface area contributed by atoms with Gasteiger partial charge in [-0.15, -0.1) is 0 Å². The van der Waals surface area contributed by atoms with Gasteiger partial charge in [0.25, 0.3) is 0 Å². The summed E-state index contributed by atoms with van der Waals surface area (Å²) in [5.41, 5.74) is 4.03. The number of hydrogen-bond acceptors (Lipinski definition) is 5. The molecule has 0 radical (unpaired) electrons. The number of hydrogen-bond donors (Lipinski definition) is 0. The van der Waals surface area contributed by atoms with Crippen LogP contribution in [-0.2, 0) is 4.79 Å². The number of pyridine rings is 1. The quantitative estimate of drug-likeness (QED) is 0.676. The van der Waals surface area contributed by atoms with Gasteiger partial charge < -0.3 is 4.90 Å². The van der Waals surface area contributed by atoms with Gasteiger partial charge in [0.15, 0.2) is 5.78 Å². The van der Waals surface area contributed by atoms with Crippen molar-refractivity contribution in [2.45, 2.75) is 18.9 Å². The number of aromatic nitrogens is 1. The standard InChI is InChI=1S/C21H18N4O/c26-20-7-10-24-14-18-16(12-19(20)24)13-25-9-6-15(11-21(25)23-18)4-5-17-3-1-2-8-22-17/h1-3,6,8,11,13,19H,7,9-10,12,14H2. The van der Waals surface area contributed by atoms with E-state index in [1.807, 2.05) is 24.3 Å². The number of carbonyl (C=O) groups is 1. The molecule has 0 N–H and O–H groups in total. The summed E-state index contributed by atoms with van der Waals surface area (Å²) in [7, 11) is 0. The van der Waals surface area contributed by atoms with E-state index >= 15 is 0 Å². The van der Waals surface area contributed by atoms with Gasteiger partial charge in [-0.3, -0.25) is 9.69 Å². The van der Waals surface area contributed by atoms with E-state index in [0.717, 1.165) is 48.9 Å². The van der Waals surface area contributed by atoms with E-state index in [1.165, 1.54) is 5.57 Å². The fraction of sp³-hybridized carbons (Fsp3) is 0.286. The number of rotatable bonds is 0. The molecular formula is C21H18N4O. The highest BCUT2D eigenvalue weighted by atomic mass is 16.1. The van der Waals surface area contributed by atoms with Gasteiger partial charge in [-0.05, 0) is 42.2 Å². The summed E-state index contributed by atoms with van der Waals surface area (Å²) < 4.78 is 0. The van der Waals surface area contributed by atoms with Crippen molar-refractivity contribution in [1.82, 2.24) is 14.8 Å². The first-order valence-corrected chi connectivity index (χ1v) is 8.93. The van der Waals surface area contributed by atoms with Crippen LogP contribution in [0.2, 0.25) is 0 Å². The number of fused-ring (bicyclic) bond motifs is 3. The van der Waals surface area contributed by atoms with Gasteiger partial charge in [0.2, 0.25) is 0 Å². The number of nitrogens with zero attached hydrogens (tertiary/aromatic N) is 4. The summed E-state index contributed by atoms with van der Waals surface area (Å²) in [6.45, 7) is 2.38. The smallest absolute Gasteiger partial charge is 0.151 e. The Hall–Kier alpha value is -2.97. The molecule has 1 unspecified atom stereocenters. The van der Waals surface area contributed by atoms with Gasteiger partial charge in [-0.2, -0.15) is 0 Å². The van der Waals surface area contributed by atoms with Crippen LogP contribution in [0, 0.1) is 11.8 Å². The molecule has 4 aliphatic heterocycles. The predicted molar refractivity (Wildman–Crippen MR) is 99.1 cm³/mol. The Morgan fingerprint density at radius 3 is 3.08 bits per heavy atom. The molecule has 0 aromatic carbocycles. The maximum atomic E-state index is 12.0. The largest absolute Gasteiger partial charge is 0.329 e. The van der Waals surface area contributed by atoms with Crippen LogP contribution in [0.5, 0.6) is 0 Å². The second-order valence-electron chi connectivity index (χ2n) is 6.90. The maximum Gasteiger partial charge on any atom is 0.151 e. The third kappa shape index (κ3) is 2.69. The summed E-state index contributed by atoms with van der Waals surface area (Å²) in [6, 6.07) is 5.79. The predicted octanol–water partition coefficient (Wildman–Crippen LogP) is 1.90. The first-order valence-electron chi connectivity index (χ1n) is 8.93. The molecule has 2 fully saturated rings. The Kier molecular flexibility index (Phi) is 3.58. The number of carbonyl (C=O) groups excluding carboxylic acids is 1. The monoisotopic (exact) mass is 342 g/mol. The van der Waals surface area contributed by atoms with E-state index in [-0.39, 0.29) is 6.04 Å². The van der Waals surface area contributed by atoms with Gasteiger partial charge in [-0.1, -0.05) is 12.0 Å². The molecular weight excluding hydrogens is 324 g/mol. The van der Waals surface area contributed by atoms with Gasteiger partial charge in [0, 0.05) is 44.0 Å². The third-order valence-corrected chi connectivity index (χ3v) is 5.24. The van der Waals surface area contributed by atoms with Crippen LogP contribution in [0.15, 0.2) is 64.7 Å². The van der Waals surface area contributed by atoms with Crippen molar-refractivity contribution in [2.24, 2.45) is 4.99 Å². The summed E-state index contributed by atoms with van der Waals surface area (Å²) in [4.78, 5) is 25.5. The Bertz CT molecular complexity index is 959. The molecule has 4 aliphatic rings. The van der Waals surface area contributed by atoms with Crippen molar-refractivity contribution >= 4 is 11.5 Å². The van der Waals surface area contributed by atoms with Crippen molar-refractivity contribution < 1.29 is 4.79 Å². The van der Waals surface area contributed by atoms with Crippen molar-refractivity contribution in [3.8, 4) is 11.8 Å². The van der Waals surface area contributed by atoms with Crippen molar-refractivity contribution in [3.63, 3.8) is 0 Å². The zero-order chi connectivity index (χ0) is 17.5. The third-order valence-electron chi connectivity index (χ3n) is 5.24. The SMILES string of the molecule is O=C1CCN2CC3=NC4=CC(C#Cc5ccccn5)=CCN4C=C3CC12. The van der Waals surface area contributed by atoms with Crippen LogP contribution in [-0.4, -0.2) is 52.0 Å². The number of ketones is 1. The minimum atomic E-state index is 0.0610. The Morgan fingerprint density at radius 1 is 1.23 bits per heavy atom. The topological polar surface area (TPSA) is 48.8 Å². The second-order valence-corrected chi connectivity index (χ2v) is 6.90. The normalized spacial score (nSPS) is 24.2. The lowest BCUT2D eigenvalue weighted by Gasteiger charge is -2.36. The highest BCUT2D eigenvalue weighted by molar-refractivity contribution is 6.06. The molecule has 5 nitrogen and oxygen atoms in total. The highest BCUT2D eigenvalue weighted by Crippen LogP contribution is 2.32. The van der Waals surface area contributed by atoms with Gasteiger partial charge >= 0.3 is 0 Å². The van der Waals surface area contributed by atoms with Crippen molar-refractivity contribution in [1.29, 1.82) is 0 Å². The minimum absolute atomic E-state index is 0.0610. The summed E-state index contributed by atoms with van der Waals surface area (Å²) in [6.07, 6.45) is 9.51. The lowest BCUT2D eigenvalue weighted by Crippen LogP contribution is -2.45. The molecule has 128 valence electrons. The first-order chi connectivity index (χ1) is 12.8. The van der Waals surface area contributed by atoms with E-state index in [0.29, 0.717) is 12.2 Å².